The molecule has 1 aromatic carbocycles. The van der Waals surface area contributed by atoms with Crippen molar-refractivity contribution in [2.75, 3.05) is 19.6 Å². The van der Waals surface area contributed by atoms with Gasteiger partial charge in [-0.25, -0.2) is 9.78 Å². The fourth-order valence-corrected chi connectivity index (χ4v) is 3.18. The summed E-state index contributed by atoms with van der Waals surface area (Å²) in [5.74, 6) is -0.0255. The topological polar surface area (TPSA) is 58.4 Å². The summed E-state index contributed by atoms with van der Waals surface area (Å²) in [7, 11) is 0. The zero-order chi connectivity index (χ0) is 14.8. The summed E-state index contributed by atoms with van der Waals surface area (Å²) in [6.45, 7) is 6.38. The minimum absolute atomic E-state index is 0.286. The van der Waals surface area contributed by atoms with Crippen LogP contribution >= 0.6 is 0 Å². The molecule has 1 aromatic heterocycles. The summed E-state index contributed by atoms with van der Waals surface area (Å²) in [4.78, 5) is 18.2. The summed E-state index contributed by atoms with van der Waals surface area (Å²) in [5, 5.41) is 9.25. The van der Waals surface area contributed by atoms with Crippen LogP contribution in [0.3, 0.4) is 0 Å². The van der Waals surface area contributed by atoms with Gasteiger partial charge >= 0.3 is 5.97 Å². The van der Waals surface area contributed by atoms with E-state index in [1.807, 2.05) is 13.0 Å². The Morgan fingerprint density at radius 3 is 2.76 bits per heavy atom. The van der Waals surface area contributed by atoms with E-state index >= 15 is 0 Å². The molecule has 3 rings (SSSR count). The first-order valence-corrected chi connectivity index (χ1v) is 7.58. The second-order valence-corrected chi connectivity index (χ2v) is 5.69. The number of hydrogen-bond acceptors (Lipinski definition) is 3. The van der Waals surface area contributed by atoms with Crippen molar-refractivity contribution in [3.8, 4) is 0 Å². The van der Waals surface area contributed by atoms with Crippen molar-refractivity contribution in [3.63, 3.8) is 0 Å². The van der Waals surface area contributed by atoms with E-state index in [0.717, 1.165) is 30.9 Å². The standard InChI is InChI=1S/C16H21N3O2/c1-12-17-15-13(16(20)21)6-4-7-14(15)19(12)11-5-10-18-8-2-3-9-18/h4,6-7H,2-3,5,8-11H2,1H3,(H,20,21). The van der Waals surface area contributed by atoms with Crippen LogP contribution in [0, 0.1) is 6.92 Å². The normalized spacial score (nSPS) is 15.9. The van der Waals surface area contributed by atoms with Crippen molar-refractivity contribution in [3.05, 3.63) is 29.6 Å². The van der Waals surface area contributed by atoms with E-state index in [1.54, 1.807) is 12.1 Å². The van der Waals surface area contributed by atoms with Gasteiger partial charge in [0.05, 0.1) is 11.1 Å². The van der Waals surface area contributed by atoms with Crippen LogP contribution in [-0.2, 0) is 6.54 Å². The van der Waals surface area contributed by atoms with Crippen molar-refractivity contribution in [2.45, 2.75) is 32.7 Å². The van der Waals surface area contributed by atoms with Crippen molar-refractivity contribution in [1.82, 2.24) is 14.5 Å². The maximum Gasteiger partial charge on any atom is 0.337 e. The van der Waals surface area contributed by atoms with E-state index in [9.17, 15) is 9.90 Å². The average Bonchev–Trinajstić information content (AvgIpc) is 3.07. The van der Waals surface area contributed by atoms with Gasteiger partial charge in [0.1, 0.15) is 11.3 Å². The van der Waals surface area contributed by atoms with Gasteiger partial charge in [-0.15, -0.1) is 0 Å². The van der Waals surface area contributed by atoms with Gasteiger partial charge in [-0.05, 0) is 58.0 Å². The molecule has 0 saturated carbocycles. The molecule has 5 nitrogen and oxygen atoms in total. The second kappa shape index (κ2) is 5.85. The summed E-state index contributed by atoms with van der Waals surface area (Å²) in [5.41, 5.74) is 1.81. The Hall–Kier alpha value is -1.88. The molecule has 112 valence electrons. The molecule has 0 aliphatic carbocycles. The monoisotopic (exact) mass is 287 g/mol. The number of imidazole rings is 1. The van der Waals surface area contributed by atoms with Gasteiger partial charge in [0.25, 0.3) is 0 Å². The zero-order valence-corrected chi connectivity index (χ0v) is 12.4. The number of hydrogen-bond donors (Lipinski definition) is 1. The third-order valence-electron chi connectivity index (χ3n) is 4.25. The molecule has 0 bridgehead atoms. The van der Waals surface area contributed by atoms with E-state index in [-0.39, 0.29) is 5.56 Å². The first kappa shape index (κ1) is 14.1. The highest BCUT2D eigenvalue weighted by atomic mass is 16.4. The number of rotatable bonds is 5. The molecule has 1 aliphatic heterocycles. The SMILES string of the molecule is Cc1nc2c(C(=O)O)cccc2n1CCCN1CCCC1. The van der Waals surface area contributed by atoms with Crippen LogP contribution in [0.2, 0.25) is 0 Å². The van der Waals surface area contributed by atoms with Crippen LogP contribution in [0.4, 0.5) is 0 Å². The lowest BCUT2D eigenvalue weighted by molar-refractivity contribution is 0.0699. The number of carboxylic acids is 1. The molecule has 0 atom stereocenters. The highest BCUT2D eigenvalue weighted by Crippen LogP contribution is 2.20. The summed E-state index contributed by atoms with van der Waals surface area (Å²) >= 11 is 0. The van der Waals surface area contributed by atoms with Gasteiger partial charge < -0.3 is 14.6 Å². The van der Waals surface area contributed by atoms with Gasteiger partial charge in [-0.2, -0.15) is 0 Å². The third kappa shape index (κ3) is 2.78. The van der Waals surface area contributed by atoms with Crippen LogP contribution in [-0.4, -0.2) is 45.2 Å². The Morgan fingerprint density at radius 1 is 1.29 bits per heavy atom. The van der Waals surface area contributed by atoms with E-state index in [1.165, 1.54) is 25.9 Å². The molecule has 0 unspecified atom stereocenters. The molecule has 1 N–H and O–H groups in total. The molecule has 1 aliphatic rings. The highest BCUT2D eigenvalue weighted by molar-refractivity contribution is 6.01. The number of benzene rings is 1. The van der Waals surface area contributed by atoms with E-state index in [2.05, 4.69) is 14.5 Å². The van der Waals surface area contributed by atoms with Crippen LogP contribution in [0.25, 0.3) is 11.0 Å². The lowest BCUT2D eigenvalue weighted by Gasteiger charge is -2.15. The quantitative estimate of drug-likeness (QED) is 0.918. The van der Waals surface area contributed by atoms with Gasteiger partial charge in [-0.1, -0.05) is 6.07 Å². The van der Waals surface area contributed by atoms with Crippen LogP contribution < -0.4 is 0 Å². The molecule has 1 saturated heterocycles. The molecule has 21 heavy (non-hydrogen) atoms. The first-order valence-electron chi connectivity index (χ1n) is 7.58. The molecular weight excluding hydrogens is 266 g/mol. The molecule has 0 spiro atoms. The van der Waals surface area contributed by atoms with Crippen molar-refractivity contribution in [2.24, 2.45) is 0 Å². The van der Waals surface area contributed by atoms with Crippen LogP contribution in [0.1, 0.15) is 35.4 Å². The number of carbonyl (C=O) groups is 1. The second-order valence-electron chi connectivity index (χ2n) is 5.69. The first-order chi connectivity index (χ1) is 10.2. The zero-order valence-electron chi connectivity index (χ0n) is 12.4. The molecule has 2 aromatic rings. The van der Waals surface area contributed by atoms with E-state index in [4.69, 9.17) is 0 Å². The average molecular weight is 287 g/mol. The minimum Gasteiger partial charge on any atom is -0.478 e. The molecule has 0 amide bonds. The van der Waals surface area contributed by atoms with Crippen molar-refractivity contribution in [1.29, 1.82) is 0 Å². The Labute approximate surface area is 124 Å². The van der Waals surface area contributed by atoms with Gasteiger partial charge in [0, 0.05) is 6.54 Å². The molecule has 1 fully saturated rings. The van der Waals surface area contributed by atoms with Crippen LogP contribution in [0.15, 0.2) is 18.2 Å². The number of fused-ring (bicyclic) bond motifs is 1. The minimum atomic E-state index is -0.915. The Kier molecular flexibility index (Phi) is 3.92. The van der Waals surface area contributed by atoms with Gasteiger partial charge in [0.15, 0.2) is 0 Å². The summed E-state index contributed by atoms with van der Waals surface area (Å²) < 4.78 is 2.14. The number of aromatic nitrogens is 2. The Balaban J connectivity index is 1.79. The highest BCUT2D eigenvalue weighted by Gasteiger charge is 2.15. The number of aryl methyl sites for hydroxylation is 2. The number of nitrogens with zero attached hydrogens (tertiary/aromatic N) is 3. The lowest BCUT2D eigenvalue weighted by atomic mass is 10.2. The smallest absolute Gasteiger partial charge is 0.337 e. The molecule has 2 heterocycles. The van der Waals surface area contributed by atoms with Crippen molar-refractivity contribution >= 4 is 17.0 Å². The number of likely N-dealkylation sites (tertiary alicyclic amines) is 1. The number of para-hydroxylation sites is 1. The van der Waals surface area contributed by atoms with Gasteiger partial charge in [-0.3, -0.25) is 0 Å². The fourth-order valence-electron chi connectivity index (χ4n) is 3.18. The number of aromatic carboxylic acids is 1. The number of carboxylic acid groups (broad SMARTS) is 1. The maximum absolute atomic E-state index is 11.3. The predicted octanol–water partition coefficient (Wildman–Crippen LogP) is 2.53. The van der Waals surface area contributed by atoms with Crippen molar-refractivity contribution < 1.29 is 9.90 Å². The maximum atomic E-state index is 11.3. The Bertz CT molecular complexity index is 657. The van der Waals surface area contributed by atoms with Gasteiger partial charge in [0.2, 0.25) is 0 Å². The van der Waals surface area contributed by atoms with Crippen LogP contribution in [0.5, 0.6) is 0 Å². The Morgan fingerprint density at radius 2 is 2.05 bits per heavy atom. The summed E-state index contributed by atoms with van der Waals surface area (Å²) in [6.07, 6.45) is 3.70. The van der Waals surface area contributed by atoms with E-state index in [0.29, 0.717) is 5.52 Å². The molecular formula is C16H21N3O2. The predicted molar refractivity (Wildman–Crippen MR) is 81.7 cm³/mol. The largest absolute Gasteiger partial charge is 0.478 e. The third-order valence-corrected chi connectivity index (χ3v) is 4.25. The molecule has 5 heteroatoms. The van der Waals surface area contributed by atoms with E-state index < -0.39 is 5.97 Å². The molecule has 0 radical (unpaired) electrons. The lowest BCUT2D eigenvalue weighted by Crippen LogP contribution is -2.21. The summed E-state index contributed by atoms with van der Waals surface area (Å²) in [6, 6.07) is 5.37. The fraction of sp³-hybridized carbons (Fsp3) is 0.500.